The first-order chi connectivity index (χ1) is 15.6. The monoisotopic (exact) mass is 439 g/mol. The summed E-state index contributed by atoms with van der Waals surface area (Å²) < 4.78 is 19.7. The number of carbonyl (C=O) groups is 2. The van der Waals surface area contributed by atoms with Crippen LogP contribution in [0, 0.1) is 6.92 Å². The van der Waals surface area contributed by atoms with E-state index in [1.54, 1.807) is 4.90 Å². The molecule has 1 saturated carbocycles. The molecule has 2 aliphatic heterocycles. The first-order valence-corrected chi connectivity index (χ1v) is 11.2. The zero-order chi connectivity index (χ0) is 22.1. The van der Waals surface area contributed by atoms with Gasteiger partial charge in [0.1, 0.15) is 23.7 Å². The fourth-order valence-corrected chi connectivity index (χ4v) is 4.27. The summed E-state index contributed by atoms with van der Waals surface area (Å²) in [4.78, 5) is 27.0. The number of nitrogens with zero attached hydrogens (tertiary/aromatic N) is 2. The molecular formula is C24H29N3O5. The van der Waals surface area contributed by atoms with E-state index in [1.807, 2.05) is 54.1 Å². The van der Waals surface area contributed by atoms with Crippen LogP contribution in [-0.4, -0.2) is 72.4 Å². The van der Waals surface area contributed by atoms with Gasteiger partial charge in [0.05, 0.1) is 19.3 Å². The highest BCUT2D eigenvalue weighted by Crippen LogP contribution is 2.36. The number of carbonyl (C=O) groups excluding carboxylic acids is 2. The molecule has 3 heterocycles. The van der Waals surface area contributed by atoms with Gasteiger partial charge in [-0.3, -0.25) is 9.59 Å². The molecular weight excluding hydrogens is 410 g/mol. The number of rotatable bonds is 6. The van der Waals surface area contributed by atoms with Crippen LogP contribution in [0.1, 0.15) is 34.9 Å². The van der Waals surface area contributed by atoms with Crippen LogP contribution in [-0.2, 0) is 14.3 Å². The molecule has 8 nitrogen and oxygen atoms in total. The van der Waals surface area contributed by atoms with Gasteiger partial charge in [0.2, 0.25) is 0 Å². The Balaban J connectivity index is 1.10. The average Bonchev–Trinajstić information content (AvgIpc) is 3.42. The van der Waals surface area contributed by atoms with E-state index in [0.29, 0.717) is 43.8 Å². The highest BCUT2D eigenvalue weighted by Gasteiger charge is 2.39. The van der Waals surface area contributed by atoms with Crippen molar-refractivity contribution in [2.24, 2.45) is 0 Å². The van der Waals surface area contributed by atoms with Gasteiger partial charge in [-0.1, -0.05) is 17.7 Å². The van der Waals surface area contributed by atoms with Gasteiger partial charge in [0.15, 0.2) is 6.61 Å². The van der Waals surface area contributed by atoms with Crippen molar-refractivity contribution < 1.29 is 23.8 Å². The molecule has 0 unspecified atom stereocenters. The lowest BCUT2D eigenvalue weighted by Gasteiger charge is -2.20. The Kier molecular flexibility index (Phi) is 5.89. The number of aromatic nitrogens is 1. The third kappa shape index (κ3) is 4.66. The Labute approximate surface area is 187 Å². The van der Waals surface area contributed by atoms with E-state index in [9.17, 15) is 9.59 Å². The van der Waals surface area contributed by atoms with E-state index in [-0.39, 0.29) is 36.7 Å². The number of aryl methyl sites for hydroxylation is 1. The zero-order valence-corrected chi connectivity index (χ0v) is 18.2. The highest BCUT2D eigenvalue weighted by molar-refractivity contribution is 5.93. The summed E-state index contributed by atoms with van der Waals surface area (Å²) in [7, 11) is 0. The highest BCUT2D eigenvalue weighted by atomic mass is 16.6. The number of likely N-dealkylation sites (tertiary alicyclic amines) is 1. The Hall–Kier alpha value is -2.84. The predicted octanol–water partition coefficient (Wildman–Crippen LogP) is 1.94. The van der Waals surface area contributed by atoms with Crippen LogP contribution in [0.25, 0.3) is 0 Å². The molecule has 3 aliphatic rings. The normalized spacial score (nSPS) is 23.5. The summed E-state index contributed by atoms with van der Waals surface area (Å²) in [5, 5.41) is 3.04. The molecule has 32 heavy (non-hydrogen) atoms. The Morgan fingerprint density at radius 2 is 1.75 bits per heavy atom. The second-order valence-electron chi connectivity index (χ2n) is 8.85. The molecule has 170 valence electrons. The maximum absolute atomic E-state index is 12.7. The van der Waals surface area contributed by atoms with Gasteiger partial charge in [-0.05, 0) is 44.0 Å². The van der Waals surface area contributed by atoms with Gasteiger partial charge in [-0.15, -0.1) is 0 Å². The minimum absolute atomic E-state index is 0.0121. The lowest BCUT2D eigenvalue weighted by molar-refractivity contribution is -0.133. The fraction of sp³-hybridized carbons (Fsp3) is 0.500. The van der Waals surface area contributed by atoms with Crippen LogP contribution in [0.5, 0.6) is 5.75 Å². The molecule has 2 amide bonds. The molecule has 3 fully saturated rings. The molecule has 2 aromatic rings. The largest absolute Gasteiger partial charge is 0.484 e. The average molecular weight is 440 g/mol. The van der Waals surface area contributed by atoms with Gasteiger partial charge in [0, 0.05) is 25.3 Å². The molecule has 1 aromatic carbocycles. The first kappa shape index (κ1) is 21.0. The van der Waals surface area contributed by atoms with Crippen molar-refractivity contribution in [3.8, 4) is 5.75 Å². The van der Waals surface area contributed by atoms with Crippen molar-refractivity contribution >= 4 is 11.8 Å². The Bertz CT molecular complexity index is 952. The summed E-state index contributed by atoms with van der Waals surface area (Å²) in [5.74, 6) is 0.490. The Morgan fingerprint density at radius 1 is 1.06 bits per heavy atom. The number of hydrogen-bond acceptors (Lipinski definition) is 5. The van der Waals surface area contributed by atoms with Gasteiger partial charge in [-0.2, -0.15) is 0 Å². The number of amides is 2. The minimum atomic E-state index is -0.218. The van der Waals surface area contributed by atoms with Gasteiger partial charge < -0.3 is 29.0 Å². The van der Waals surface area contributed by atoms with Crippen LogP contribution in [0.3, 0.4) is 0 Å². The lowest BCUT2D eigenvalue weighted by atomic mass is 10.2. The molecule has 8 heteroatoms. The zero-order valence-electron chi connectivity index (χ0n) is 18.2. The number of nitrogens with one attached hydrogen (secondary N) is 1. The maximum Gasteiger partial charge on any atom is 0.268 e. The fourth-order valence-electron chi connectivity index (χ4n) is 4.27. The van der Waals surface area contributed by atoms with Crippen LogP contribution >= 0.6 is 0 Å². The second-order valence-corrected chi connectivity index (χ2v) is 8.85. The van der Waals surface area contributed by atoms with Crippen LogP contribution in [0.4, 0.5) is 0 Å². The first-order valence-electron chi connectivity index (χ1n) is 11.2. The van der Waals surface area contributed by atoms with Gasteiger partial charge in [0.25, 0.3) is 11.8 Å². The molecule has 5 rings (SSSR count). The number of benzene rings is 1. The van der Waals surface area contributed by atoms with E-state index < -0.39 is 0 Å². The molecule has 1 aromatic heterocycles. The summed E-state index contributed by atoms with van der Waals surface area (Å²) in [6, 6.07) is 11.6. The number of hydrogen-bond donors (Lipinski definition) is 1. The van der Waals surface area contributed by atoms with E-state index in [2.05, 4.69) is 5.32 Å². The maximum atomic E-state index is 12.7. The summed E-state index contributed by atoms with van der Waals surface area (Å²) in [6.45, 7) is 3.64. The van der Waals surface area contributed by atoms with Crippen molar-refractivity contribution in [3.05, 3.63) is 53.9 Å². The molecule has 1 N–H and O–H groups in total. The number of ether oxygens (including phenoxy) is 3. The summed E-state index contributed by atoms with van der Waals surface area (Å²) in [6.07, 6.45) is 3.81. The third-order valence-corrected chi connectivity index (χ3v) is 6.26. The number of fused-ring (bicyclic) bond motifs is 1. The lowest BCUT2D eigenvalue weighted by Crippen LogP contribution is -2.42. The van der Waals surface area contributed by atoms with Crippen molar-refractivity contribution in [2.45, 2.75) is 44.1 Å². The third-order valence-electron chi connectivity index (χ3n) is 6.26. The standard InChI is InChI=1S/C24H29N3O5/c1-16-4-8-19(9-5-16)30-15-23(28)26-11-21-22(12-26)32-14-17(13-31-21)25-24(29)20-3-2-10-27(20)18-6-7-18/h2-5,8-10,17-18,21-22H,6-7,11-15H2,1H3,(H,25,29)/t21-,22-/m0/s1. The molecule has 0 radical (unpaired) electrons. The summed E-state index contributed by atoms with van der Waals surface area (Å²) >= 11 is 0. The van der Waals surface area contributed by atoms with Crippen LogP contribution in [0.15, 0.2) is 42.6 Å². The second kappa shape index (κ2) is 8.96. The summed E-state index contributed by atoms with van der Waals surface area (Å²) in [5.41, 5.74) is 1.83. The van der Waals surface area contributed by atoms with Gasteiger partial charge in [-0.25, -0.2) is 0 Å². The van der Waals surface area contributed by atoms with Crippen molar-refractivity contribution in [3.63, 3.8) is 0 Å². The molecule has 2 saturated heterocycles. The van der Waals surface area contributed by atoms with Crippen molar-refractivity contribution in [1.29, 1.82) is 0 Å². The predicted molar refractivity (Wildman–Crippen MR) is 117 cm³/mol. The smallest absolute Gasteiger partial charge is 0.268 e. The van der Waals surface area contributed by atoms with Gasteiger partial charge >= 0.3 is 0 Å². The molecule has 1 aliphatic carbocycles. The van der Waals surface area contributed by atoms with E-state index >= 15 is 0 Å². The van der Waals surface area contributed by atoms with Crippen LogP contribution in [0.2, 0.25) is 0 Å². The quantitative estimate of drug-likeness (QED) is 0.744. The SMILES string of the molecule is Cc1ccc(OCC(=O)N2C[C@@H]3OCC(NC(=O)c4cccn4C4CC4)CO[C@H]3C2)cc1. The minimum Gasteiger partial charge on any atom is -0.484 e. The Morgan fingerprint density at radius 3 is 2.41 bits per heavy atom. The molecule has 2 atom stereocenters. The van der Waals surface area contributed by atoms with Crippen LogP contribution < -0.4 is 10.1 Å². The van der Waals surface area contributed by atoms with E-state index in [0.717, 1.165) is 18.4 Å². The molecule has 0 bridgehead atoms. The van der Waals surface area contributed by atoms with Crippen molar-refractivity contribution in [1.82, 2.24) is 14.8 Å². The van der Waals surface area contributed by atoms with E-state index in [4.69, 9.17) is 14.2 Å². The topological polar surface area (TPSA) is 82.0 Å². The molecule has 0 spiro atoms. The van der Waals surface area contributed by atoms with E-state index in [1.165, 1.54) is 0 Å². The van der Waals surface area contributed by atoms with Crippen molar-refractivity contribution in [2.75, 3.05) is 32.9 Å².